The fraction of sp³-hybridized carbons (Fsp3) is 0.250. The Morgan fingerprint density at radius 3 is 2.33 bits per heavy atom. The first-order valence-electron chi connectivity index (χ1n) is 6.11. The minimum absolute atomic E-state index is 0.173. The predicted molar refractivity (Wildman–Crippen MR) is 78.9 cm³/mol. The van der Waals surface area contributed by atoms with Crippen molar-refractivity contribution in [2.75, 3.05) is 6.61 Å². The molecule has 0 amide bonds. The van der Waals surface area contributed by atoms with E-state index in [9.17, 15) is 5.11 Å². The summed E-state index contributed by atoms with van der Waals surface area (Å²) in [6, 6.07) is 16.6. The largest absolute Gasteiger partial charge is 0.396 e. The van der Waals surface area contributed by atoms with E-state index < -0.39 is 0 Å². The molecule has 0 aliphatic rings. The summed E-state index contributed by atoms with van der Waals surface area (Å²) in [5, 5.41) is 9.61. The Labute approximate surface area is 117 Å². The average Bonchev–Trinajstić information content (AvgIpc) is 2.39. The fourth-order valence-corrected chi connectivity index (χ4v) is 2.49. The summed E-state index contributed by atoms with van der Waals surface area (Å²) >= 11 is 3.44. The van der Waals surface area contributed by atoms with Crippen LogP contribution in [0.3, 0.4) is 0 Å². The topological polar surface area (TPSA) is 20.2 Å². The molecule has 0 aromatic heterocycles. The molecule has 2 heteroatoms. The van der Waals surface area contributed by atoms with Gasteiger partial charge in [-0.05, 0) is 42.2 Å². The van der Waals surface area contributed by atoms with Crippen LogP contribution in [0.5, 0.6) is 0 Å². The van der Waals surface area contributed by atoms with E-state index >= 15 is 0 Å². The van der Waals surface area contributed by atoms with Gasteiger partial charge >= 0.3 is 0 Å². The van der Waals surface area contributed by atoms with Gasteiger partial charge in [0, 0.05) is 10.4 Å². The van der Waals surface area contributed by atoms with Crippen LogP contribution in [0.2, 0.25) is 0 Å². The van der Waals surface area contributed by atoms with Gasteiger partial charge in [-0.25, -0.2) is 0 Å². The molecule has 0 bridgehead atoms. The maximum absolute atomic E-state index is 9.61. The molecular formula is C16H17BrO. The van der Waals surface area contributed by atoms with Crippen molar-refractivity contribution < 1.29 is 5.11 Å². The summed E-state index contributed by atoms with van der Waals surface area (Å²) in [4.78, 5) is 0. The molecule has 0 saturated heterocycles. The first-order valence-corrected chi connectivity index (χ1v) is 6.91. The van der Waals surface area contributed by atoms with Crippen LogP contribution in [0.1, 0.15) is 22.6 Å². The van der Waals surface area contributed by atoms with E-state index in [1.807, 2.05) is 24.3 Å². The standard InChI is InChI=1S/C16H17BrO/c1-12-4-2-3-5-16(12)14(11-18)10-13-6-8-15(17)9-7-13/h2-9,14,18H,10-11H2,1H3. The van der Waals surface area contributed by atoms with E-state index in [1.54, 1.807) is 0 Å². The quantitative estimate of drug-likeness (QED) is 0.902. The molecule has 1 N–H and O–H groups in total. The van der Waals surface area contributed by atoms with Crippen LogP contribution in [0, 0.1) is 6.92 Å². The minimum Gasteiger partial charge on any atom is -0.396 e. The number of aliphatic hydroxyl groups is 1. The summed E-state index contributed by atoms with van der Waals surface area (Å²) in [5.41, 5.74) is 3.73. The van der Waals surface area contributed by atoms with Crippen molar-refractivity contribution in [1.29, 1.82) is 0 Å². The average molecular weight is 305 g/mol. The van der Waals surface area contributed by atoms with E-state index in [0.29, 0.717) is 0 Å². The van der Waals surface area contributed by atoms with Crippen LogP contribution in [-0.4, -0.2) is 11.7 Å². The predicted octanol–water partition coefficient (Wildman–Crippen LogP) is 4.08. The zero-order chi connectivity index (χ0) is 13.0. The van der Waals surface area contributed by atoms with Gasteiger partial charge in [-0.1, -0.05) is 52.3 Å². The highest BCUT2D eigenvalue weighted by Gasteiger charge is 2.13. The number of benzene rings is 2. The summed E-state index contributed by atoms with van der Waals surface area (Å²) in [6.45, 7) is 2.28. The summed E-state index contributed by atoms with van der Waals surface area (Å²) in [5.74, 6) is 0.173. The molecule has 2 aromatic rings. The minimum atomic E-state index is 0.173. The van der Waals surface area contributed by atoms with Gasteiger partial charge in [-0.2, -0.15) is 0 Å². The number of halogens is 1. The maximum Gasteiger partial charge on any atom is 0.0503 e. The molecular weight excluding hydrogens is 288 g/mol. The second-order valence-electron chi connectivity index (χ2n) is 4.57. The number of aliphatic hydroxyl groups excluding tert-OH is 1. The van der Waals surface area contributed by atoms with Crippen molar-refractivity contribution in [3.05, 3.63) is 69.7 Å². The maximum atomic E-state index is 9.61. The molecule has 0 saturated carbocycles. The molecule has 0 heterocycles. The van der Waals surface area contributed by atoms with Gasteiger partial charge in [-0.3, -0.25) is 0 Å². The molecule has 1 atom stereocenters. The Bertz CT molecular complexity index is 505. The lowest BCUT2D eigenvalue weighted by atomic mass is 9.90. The summed E-state index contributed by atoms with van der Waals surface area (Å²) in [7, 11) is 0. The van der Waals surface area contributed by atoms with Gasteiger partial charge in [0.25, 0.3) is 0 Å². The summed E-state index contributed by atoms with van der Waals surface area (Å²) in [6.07, 6.45) is 0.870. The number of hydrogen-bond donors (Lipinski definition) is 1. The normalized spacial score (nSPS) is 12.4. The third kappa shape index (κ3) is 3.21. The van der Waals surface area contributed by atoms with E-state index in [0.717, 1.165) is 10.9 Å². The summed E-state index contributed by atoms with van der Waals surface area (Å²) < 4.78 is 1.09. The Kier molecular flexibility index (Phi) is 4.56. The molecule has 94 valence electrons. The van der Waals surface area contributed by atoms with Crippen molar-refractivity contribution in [3.8, 4) is 0 Å². The first kappa shape index (κ1) is 13.3. The molecule has 0 fully saturated rings. The molecule has 1 nitrogen and oxygen atoms in total. The smallest absolute Gasteiger partial charge is 0.0503 e. The van der Waals surface area contributed by atoms with Crippen LogP contribution < -0.4 is 0 Å². The van der Waals surface area contributed by atoms with Crippen molar-refractivity contribution >= 4 is 15.9 Å². The molecule has 2 aromatic carbocycles. The lowest BCUT2D eigenvalue weighted by Crippen LogP contribution is -2.09. The molecule has 0 aliphatic carbocycles. The molecule has 0 radical (unpaired) electrons. The van der Waals surface area contributed by atoms with E-state index in [2.05, 4.69) is 47.1 Å². The number of aryl methyl sites for hydroxylation is 1. The van der Waals surface area contributed by atoms with Crippen molar-refractivity contribution in [2.24, 2.45) is 0 Å². The zero-order valence-electron chi connectivity index (χ0n) is 10.4. The van der Waals surface area contributed by atoms with Crippen LogP contribution in [0.15, 0.2) is 53.0 Å². The second-order valence-corrected chi connectivity index (χ2v) is 5.48. The van der Waals surface area contributed by atoms with Gasteiger partial charge in [0.2, 0.25) is 0 Å². The fourth-order valence-electron chi connectivity index (χ4n) is 2.22. The number of hydrogen-bond acceptors (Lipinski definition) is 1. The highest BCUT2D eigenvalue weighted by Crippen LogP contribution is 2.24. The Morgan fingerprint density at radius 2 is 1.72 bits per heavy atom. The lowest BCUT2D eigenvalue weighted by Gasteiger charge is -2.17. The Balaban J connectivity index is 2.20. The highest BCUT2D eigenvalue weighted by atomic mass is 79.9. The van der Waals surface area contributed by atoms with E-state index in [-0.39, 0.29) is 12.5 Å². The first-order chi connectivity index (χ1) is 8.70. The Hall–Kier alpha value is -1.12. The third-order valence-corrected chi connectivity index (χ3v) is 3.77. The van der Waals surface area contributed by atoms with Crippen LogP contribution >= 0.6 is 15.9 Å². The molecule has 2 rings (SSSR count). The van der Waals surface area contributed by atoms with Gasteiger partial charge in [0.15, 0.2) is 0 Å². The van der Waals surface area contributed by atoms with Gasteiger partial charge < -0.3 is 5.11 Å². The van der Waals surface area contributed by atoms with Crippen molar-refractivity contribution in [3.63, 3.8) is 0 Å². The van der Waals surface area contributed by atoms with Crippen LogP contribution in [-0.2, 0) is 6.42 Å². The van der Waals surface area contributed by atoms with Crippen LogP contribution in [0.4, 0.5) is 0 Å². The highest BCUT2D eigenvalue weighted by molar-refractivity contribution is 9.10. The van der Waals surface area contributed by atoms with Crippen molar-refractivity contribution in [1.82, 2.24) is 0 Å². The molecule has 0 aliphatic heterocycles. The Morgan fingerprint density at radius 1 is 1.06 bits per heavy atom. The monoisotopic (exact) mass is 304 g/mol. The number of rotatable bonds is 4. The van der Waals surface area contributed by atoms with Gasteiger partial charge in [0.1, 0.15) is 0 Å². The third-order valence-electron chi connectivity index (χ3n) is 3.24. The second kappa shape index (κ2) is 6.17. The van der Waals surface area contributed by atoms with E-state index in [1.165, 1.54) is 16.7 Å². The SMILES string of the molecule is Cc1ccccc1C(CO)Cc1ccc(Br)cc1. The van der Waals surface area contributed by atoms with Gasteiger partial charge in [-0.15, -0.1) is 0 Å². The molecule has 1 unspecified atom stereocenters. The van der Waals surface area contributed by atoms with Crippen molar-refractivity contribution in [2.45, 2.75) is 19.3 Å². The van der Waals surface area contributed by atoms with Crippen LogP contribution in [0.25, 0.3) is 0 Å². The zero-order valence-corrected chi connectivity index (χ0v) is 12.0. The molecule has 18 heavy (non-hydrogen) atoms. The molecule has 0 spiro atoms. The van der Waals surface area contributed by atoms with E-state index in [4.69, 9.17) is 0 Å². The van der Waals surface area contributed by atoms with Gasteiger partial charge in [0.05, 0.1) is 6.61 Å². The lowest BCUT2D eigenvalue weighted by molar-refractivity contribution is 0.264.